The van der Waals surface area contributed by atoms with E-state index in [0.717, 1.165) is 18.4 Å². The largest absolute Gasteiger partial charge is 0.359 e. The van der Waals surface area contributed by atoms with Crippen molar-refractivity contribution < 1.29 is 0 Å². The molecule has 3 rings (SSSR count). The lowest BCUT2D eigenvalue weighted by molar-refractivity contribution is 0.696. The van der Waals surface area contributed by atoms with E-state index in [1.54, 1.807) is 29.4 Å². The van der Waals surface area contributed by atoms with Gasteiger partial charge >= 0.3 is 0 Å². The molecule has 1 aliphatic rings. The second-order valence-electron chi connectivity index (χ2n) is 4.87. The molecular weight excluding hydrogens is 240 g/mol. The Balaban J connectivity index is 1.84. The Morgan fingerprint density at radius 1 is 1.42 bits per heavy atom. The molecule has 0 aliphatic heterocycles. The van der Waals surface area contributed by atoms with Crippen molar-refractivity contribution in [3.63, 3.8) is 0 Å². The van der Waals surface area contributed by atoms with Crippen LogP contribution in [0.1, 0.15) is 37.4 Å². The molecule has 1 saturated carbocycles. The minimum atomic E-state index is -0.0410. The number of rotatable bonds is 4. The van der Waals surface area contributed by atoms with Gasteiger partial charge in [0.15, 0.2) is 5.82 Å². The number of hydrogen-bond acceptors (Lipinski definition) is 4. The summed E-state index contributed by atoms with van der Waals surface area (Å²) < 4.78 is 1.77. The molecule has 0 aromatic carbocycles. The minimum Gasteiger partial charge on any atom is -0.359 e. The van der Waals surface area contributed by atoms with Gasteiger partial charge < -0.3 is 9.88 Å². The summed E-state index contributed by atoms with van der Waals surface area (Å²) in [5, 5.41) is 3.17. The molecule has 0 saturated heterocycles. The maximum absolute atomic E-state index is 12.2. The van der Waals surface area contributed by atoms with Crippen LogP contribution in [0.2, 0.25) is 0 Å². The Morgan fingerprint density at radius 3 is 2.95 bits per heavy atom. The zero-order chi connectivity index (χ0) is 13.2. The number of nitrogens with one attached hydrogen (secondary N) is 1. The van der Waals surface area contributed by atoms with Gasteiger partial charge in [0.25, 0.3) is 5.56 Å². The summed E-state index contributed by atoms with van der Waals surface area (Å²) in [6.07, 6.45) is 9.14. The molecule has 2 aromatic heterocycles. The topological polar surface area (TPSA) is 59.8 Å². The summed E-state index contributed by atoms with van der Waals surface area (Å²) in [6, 6.07) is 4.23. The molecular formula is C14H16N4O. The van der Waals surface area contributed by atoms with Gasteiger partial charge in [0.05, 0.1) is 6.04 Å². The summed E-state index contributed by atoms with van der Waals surface area (Å²) in [6.45, 7) is 1.99. The third kappa shape index (κ3) is 2.50. The van der Waals surface area contributed by atoms with Gasteiger partial charge in [-0.05, 0) is 31.4 Å². The zero-order valence-corrected chi connectivity index (χ0v) is 10.8. The van der Waals surface area contributed by atoms with Gasteiger partial charge in [-0.2, -0.15) is 0 Å². The molecule has 2 aromatic rings. The van der Waals surface area contributed by atoms with E-state index >= 15 is 0 Å². The molecule has 2 heterocycles. The monoisotopic (exact) mass is 256 g/mol. The summed E-state index contributed by atoms with van der Waals surface area (Å²) in [4.78, 5) is 20.5. The Hall–Kier alpha value is -2.17. The molecule has 1 unspecified atom stereocenters. The number of aromatic nitrogens is 3. The second kappa shape index (κ2) is 4.84. The van der Waals surface area contributed by atoms with E-state index in [0.29, 0.717) is 11.9 Å². The van der Waals surface area contributed by atoms with Crippen molar-refractivity contribution in [1.29, 1.82) is 0 Å². The van der Waals surface area contributed by atoms with E-state index in [1.165, 1.54) is 0 Å². The van der Waals surface area contributed by atoms with E-state index in [2.05, 4.69) is 15.3 Å². The number of anilines is 1. The van der Waals surface area contributed by atoms with Crippen LogP contribution in [-0.2, 0) is 0 Å². The maximum Gasteiger partial charge on any atom is 0.293 e. The molecule has 0 amide bonds. The highest BCUT2D eigenvalue weighted by atomic mass is 16.1. The molecule has 0 spiro atoms. The lowest BCUT2D eigenvalue weighted by atomic mass is 10.1. The van der Waals surface area contributed by atoms with Crippen molar-refractivity contribution >= 4 is 5.82 Å². The minimum absolute atomic E-state index is 0.00366. The van der Waals surface area contributed by atoms with E-state index < -0.39 is 0 Å². The zero-order valence-electron chi connectivity index (χ0n) is 10.8. The Bertz CT molecular complexity index is 619. The highest BCUT2D eigenvalue weighted by Gasteiger charge is 2.25. The van der Waals surface area contributed by atoms with Crippen LogP contribution in [0.15, 0.2) is 41.7 Å². The molecule has 0 radical (unpaired) electrons. The lowest BCUT2D eigenvalue weighted by Gasteiger charge is -2.14. The van der Waals surface area contributed by atoms with Gasteiger partial charge in [0, 0.05) is 30.8 Å². The van der Waals surface area contributed by atoms with E-state index in [1.807, 2.05) is 19.1 Å². The van der Waals surface area contributed by atoms with Crippen molar-refractivity contribution in [2.45, 2.75) is 31.8 Å². The first-order valence-electron chi connectivity index (χ1n) is 6.49. The van der Waals surface area contributed by atoms with Crippen LogP contribution in [-0.4, -0.2) is 14.5 Å². The van der Waals surface area contributed by atoms with Crippen molar-refractivity contribution in [3.8, 4) is 0 Å². The number of nitrogens with zero attached hydrogens (tertiary/aromatic N) is 3. The quantitative estimate of drug-likeness (QED) is 0.910. The SMILES string of the molecule is CC(Nc1nccn(C2CC2)c1=O)c1cccnc1. The third-order valence-electron chi connectivity index (χ3n) is 3.35. The fourth-order valence-corrected chi connectivity index (χ4v) is 2.08. The molecule has 19 heavy (non-hydrogen) atoms. The van der Waals surface area contributed by atoms with Crippen LogP contribution in [0.5, 0.6) is 0 Å². The average molecular weight is 256 g/mol. The predicted octanol–water partition coefficient (Wildman–Crippen LogP) is 2.15. The Labute approximate surface area is 111 Å². The summed E-state index contributed by atoms with van der Waals surface area (Å²) in [5.74, 6) is 0.408. The predicted molar refractivity (Wildman–Crippen MR) is 73.0 cm³/mol. The summed E-state index contributed by atoms with van der Waals surface area (Å²) in [5.41, 5.74) is 0.992. The fourth-order valence-electron chi connectivity index (χ4n) is 2.08. The highest BCUT2D eigenvalue weighted by Crippen LogP contribution is 2.33. The molecule has 1 aliphatic carbocycles. The molecule has 1 atom stereocenters. The summed E-state index contributed by atoms with van der Waals surface area (Å²) >= 11 is 0. The Kier molecular flexibility index (Phi) is 3.03. The first-order valence-corrected chi connectivity index (χ1v) is 6.49. The van der Waals surface area contributed by atoms with Gasteiger partial charge in [0.2, 0.25) is 0 Å². The normalized spacial score (nSPS) is 16.1. The van der Waals surface area contributed by atoms with Gasteiger partial charge in [-0.15, -0.1) is 0 Å². The van der Waals surface area contributed by atoms with E-state index in [4.69, 9.17) is 0 Å². The molecule has 1 N–H and O–H groups in total. The average Bonchev–Trinajstić information content (AvgIpc) is 3.26. The first kappa shape index (κ1) is 11.9. The van der Waals surface area contributed by atoms with Crippen LogP contribution in [0, 0.1) is 0 Å². The van der Waals surface area contributed by atoms with E-state index in [9.17, 15) is 4.79 Å². The smallest absolute Gasteiger partial charge is 0.293 e. The van der Waals surface area contributed by atoms with Crippen LogP contribution in [0.4, 0.5) is 5.82 Å². The number of hydrogen-bond donors (Lipinski definition) is 1. The first-order chi connectivity index (χ1) is 9.25. The van der Waals surface area contributed by atoms with Gasteiger partial charge in [0.1, 0.15) is 0 Å². The molecule has 1 fully saturated rings. The highest BCUT2D eigenvalue weighted by molar-refractivity contribution is 5.35. The van der Waals surface area contributed by atoms with Gasteiger partial charge in [-0.1, -0.05) is 6.07 Å². The van der Waals surface area contributed by atoms with Crippen molar-refractivity contribution in [2.24, 2.45) is 0 Å². The summed E-state index contributed by atoms with van der Waals surface area (Å²) in [7, 11) is 0. The standard InChI is InChI=1S/C14H16N4O/c1-10(11-3-2-6-15-9-11)17-13-14(19)18(8-7-16-13)12-4-5-12/h2-3,6-10,12H,4-5H2,1H3,(H,16,17). The van der Waals surface area contributed by atoms with Gasteiger partial charge in [-0.3, -0.25) is 9.78 Å². The fraction of sp³-hybridized carbons (Fsp3) is 0.357. The Morgan fingerprint density at radius 2 is 2.26 bits per heavy atom. The number of pyridine rings is 1. The molecule has 5 heteroatoms. The van der Waals surface area contributed by atoms with Crippen LogP contribution in [0.3, 0.4) is 0 Å². The van der Waals surface area contributed by atoms with Gasteiger partial charge in [-0.25, -0.2) is 4.98 Å². The maximum atomic E-state index is 12.2. The van der Waals surface area contributed by atoms with Crippen molar-refractivity contribution in [2.75, 3.05) is 5.32 Å². The molecule has 5 nitrogen and oxygen atoms in total. The second-order valence-corrected chi connectivity index (χ2v) is 4.87. The molecule has 0 bridgehead atoms. The van der Waals surface area contributed by atoms with Crippen molar-refractivity contribution in [1.82, 2.24) is 14.5 Å². The molecule has 98 valence electrons. The van der Waals surface area contributed by atoms with E-state index in [-0.39, 0.29) is 11.6 Å². The van der Waals surface area contributed by atoms with Crippen molar-refractivity contribution in [3.05, 3.63) is 52.8 Å². The van der Waals surface area contributed by atoms with Crippen LogP contribution >= 0.6 is 0 Å². The van der Waals surface area contributed by atoms with Crippen LogP contribution < -0.4 is 10.9 Å². The lowest BCUT2D eigenvalue weighted by Crippen LogP contribution is -2.24. The third-order valence-corrected chi connectivity index (χ3v) is 3.35. The van der Waals surface area contributed by atoms with Crippen LogP contribution in [0.25, 0.3) is 0 Å².